The molecule has 1 N–H and O–H groups in total. The van der Waals surface area contributed by atoms with Gasteiger partial charge in [0.15, 0.2) is 21.6 Å². The smallest absolute Gasteiger partial charge is 0.301 e. The number of imidazole rings is 1. The number of benzene rings is 2. The molecule has 2 aromatic carbocycles. The molecule has 47 heavy (non-hydrogen) atoms. The molecule has 1 fully saturated rings. The van der Waals surface area contributed by atoms with Gasteiger partial charge in [0, 0.05) is 17.0 Å². The molecule has 10 nitrogen and oxygen atoms in total. The van der Waals surface area contributed by atoms with Gasteiger partial charge in [0.05, 0.1) is 31.0 Å². The predicted octanol–water partition coefficient (Wildman–Crippen LogP) is 7.64. The lowest BCUT2D eigenvalue weighted by atomic mass is 9.96. The summed E-state index contributed by atoms with van der Waals surface area (Å²) in [6.45, 7) is 4.39. The number of aromatic nitrogens is 4. The second kappa shape index (κ2) is 14.2. The monoisotopic (exact) mass is 689 g/mol. The lowest BCUT2D eigenvalue weighted by molar-refractivity contribution is -0.132. The van der Waals surface area contributed by atoms with Crippen LogP contribution in [-0.2, 0) is 15.3 Å². The fourth-order valence-electron chi connectivity index (χ4n) is 5.46. The number of carbonyl (C=O) groups is 2. The zero-order chi connectivity index (χ0) is 33.1. The Balaban J connectivity index is 1.43. The number of methoxy groups -OCH3 is 1. The summed E-state index contributed by atoms with van der Waals surface area (Å²) < 4.78 is 14.0. The average Bonchev–Trinajstić information content (AvgIpc) is 3.76. The maximum atomic E-state index is 13.9. The number of aryl methyl sites for hydroxylation is 1. The van der Waals surface area contributed by atoms with Crippen molar-refractivity contribution in [1.82, 2.24) is 19.6 Å². The highest BCUT2D eigenvalue weighted by Crippen LogP contribution is 2.46. The zero-order valence-electron chi connectivity index (χ0n) is 26.0. The molecule has 0 spiro atoms. The molecular formula is C34H32ClN5O5S2. The maximum absolute atomic E-state index is 13.9. The van der Waals surface area contributed by atoms with Crippen LogP contribution in [0.1, 0.15) is 54.7 Å². The van der Waals surface area contributed by atoms with Crippen LogP contribution < -0.4 is 14.4 Å². The number of unbranched alkanes of at least 4 members (excludes halogenated alkanes) is 2. The molecule has 0 saturated carbocycles. The van der Waals surface area contributed by atoms with Gasteiger partial charge in [-0.2, -0.15) is 0 Å². The van der Waals surface area contributed by atoms with Gasteiger partial charge in [-0.1, -0.05) is 78.7 Å². The van der Waals surface area contributed by atoms with Crippen molar-refractivity contribution in [2.75, 3.05) is 18.6 Å². The Morgan fingerprint density at radius 2 is 1.87 bits per heavy atom. The Morgan fingerprint density at radius 1 is 1.06 bits per heavy atom. The van der Waals surface area contributed by atoms with Crippen LogP contribution in [0.5, 0.6) is 11.5 Å². The first-order chi connectivity index (χ1) is 22.8. The van der Waals surface area contributed by atoms with E-state index < -0.39 is 17.7 Å². The summed E-state index contributed by atoms with van der Waals surface area (Å²) in [5, 5.41) is 21.4. The van der Waals surface area contributed by atoms with Gasteiger partial charge in [0.2, 0.25) is 5.13 Å². The number of pyridine rings is 1. The molecule has 4 heterocycles. The van der Waals surface area contributed by atoms with Crippen molar-refractivity contribution >= 4 is 62.9 Å². The minimum atomic E-state index is -1.03. The number of rotatable bonds is 12. The van der Waals surface area contributed by atoms with Crippen molar-refractivity contribution in [1.29, 1.82) is 0 Å². The molecule has 1 saturated heterocycles. The highest BCUT2D eigenvalue weighted by Gasteiger charge is 2.49. The molecule has 0 radical (unpaired) electrons. The molecule has 3 aromatic heterocycles. The standard InChI is InChI=1S/C34H32ClN5O5S2/c1-4-5-8-17-45-24-15-12-22(18-25(24)44-3)29-27(30(41)28-20(2)36-26-9-6-7-16-39(26)28)31(42)32(43)40(29)33-37-38-34(47-33)46-19-21-10-13-23(35)14-11-21/h6-7,9-16,18,29,41H,4-5,8,17,19H2,1-3H3. The Bertz CT molecular complexity index is 1970. The summed E-state index contributed by atoms with van der Waals surface area (Å²) in [6.07, 6.45) is 4.75. The second-order valence-electron chi connectivity index (χ2n) is 10.9. The SMILES string of the molecule is CCCCCOc1ccc(C2C(=C(O)c3c(C)nc4ccccn34)C(=O)C(=O)N2c2nnc(SCc3ccc(Cl)cc3)s2)cc1OC. The number of anilines is 1. The Hall–Kier alpha value is -4.39. The normalized spacial score (nSPS) is 15.9. The number of thioether (sulfide) groups is 1. The van der Waals surface area contributed by atoms with Crippen LogP contribution in [0.4, 0.5) is 5.13 Å². The second-order valence-corrected chi connectivity index (χ2v) is 13.5. The molecule has 1 amide bonds. The van der Waals surface area contributed by atoms with E-state index in [2.05, 4.69) is 22.1 Å². The van der Waals surface area contributed by atoms with Crippen molar-refractivity contribution in [2.24, 2.45) is 0 Å². The van der Waals surface area contributed by atoms with Crippen LogP contribution in [0.25, 0.3) is 11.4 Å². The number of carbonyl (C=O) groups excluding carboxylic acids is 2. The number of Topliss-reactive ketones (excluding diaryl/α,β-unsaturated/α-hetero) is 1. The third-order valence-electron chi connectivity index (χ3n) is 7.76. The molecule has 242 valence electrons. The van der Waals surface area contributed by atoms with Gasteiger partial charge >= 0.3 is 5.91 Å². The van der Waals surface area contributed by atoms with Crippen molar-refractivity contribution in [3.63, 3.8) is 0 Å². The fourth-order valence-corrected chi connectivity index (χ4v) is 7.41. The third-order valence-corrected chi connectivity index (χ3v) is 10.1. The predicted molar refractivity (Wildman–Crippen MR) is 184 cm³/mol. The molecule has 1 aliphatic rings. The minimum Gasteiger partial charge on any atom is -0.505 e. The van der Waals surface area contributed by atoms with Crippen LogP contribution in [0.3, 0.4) is 0 Å². The van der Waals surface area contributed by atoms with Crippen LogP contribution in [0.15, 0.2) is 76.8 Å². The number of ketones is 1. The summed E-state index contributed by atoms with van der Waals surface area (Å²) in [5.41, 5.74) is 2.90. The van der Waals surface area contributed by atoms with E-state index >= 15 is 0 Å². The Morgan fingerprint density at radius 3 is 2.64 bits per heavy atom. The molecule has 13 heteroatoms. The summed E-state index contributed by atoms with van der Waals surface area (Å²) in [5.74, 6) is -0.425. The average molecular weight is 690 g/mol. The van der Waals surface area contributed by atoms with Gasteiger partial charge in [-0.3, -0.25) is 18.9 Å². The highest BCUT2D eigenvalue weighted by atomic mass is 35.5. The topological polar surface area (TPSA) is 119 Å². The number of aliphatic hydroxyl groups excluding tert-OH is 1. The number of aliphatic hydroxyl groups is 1. The van der Waals surface area contributed by atoms with Crippen LogP contribution in [0, 0.1) is 6.92 Å². The lowest BCUT2D eigenvalue weighted by Crippen LogP contribution is -2.29. The van der Waals surface area contributed by atoms with Gasteiger partial charge in [-0.05, 0) is 60.9 Å². The quantitative estimate of drug-likeness (QED) is 0.0352. The van der Waals surface area contributed by atoms with Gasteiger partial charge in [0.25, 0.3) is 5.78 Å². The van der Waals surface area contributed by atoms with Crippen LogP contribution in [0.2, 0.25) is 5.02 Å². The molecule has 0 aliphatic carbocycles. The van der Waals surface area contributed by atoms with Gasteiger partial charge < -0.3 is 14.6 Å². The molecule has 1 unspecified atom stereocenters. The summed E-state index contributed by atoms with van der Waals surface area (Å²) in [7, 11) is 1.53. The number of amides is 1. The van der Waals surface area contributed by atoms with Crippen LogP contribution >= 0.6 is 34.7 Å². The van der Waals surface area contributed by atoms with E-state index in [0.717, 1.165) is 24.8 Å². The number of hydrogen-bond acceptors (Lipinski definition) is 10. The number of ether oxygens (including phenoxy) is 2. The first kappa shape index (κ1) is 32.5. The first-order valence-electron chi connectivity index (χ1n) is 15.1. The molecule has 1 atom stereocenters. The third kappa shape index (κ3) is 6.58. The van der Waals surface area contributed by atoms with Gasteiger partial charge in [0.1, 0.15) is 11.3 Å². The fraction of sp³-hybridized carbons (Fsp3) is 0.265. The summed E-state index contributed by atoms with van der Waals surface area (Å²) in [4.78, 5) is 33.6. The molecule has 0 bridgehead atoms. The van der Waals surface area contributed by atoms with E-state index in [0.29, 0.717) is 55.8 Å². The highest BCUT2D eigenvalue weighted by molar-refractivity contribution is 8.00. The van der Waals surface area contributed by atoms with Gasteiger partial charge in [-0.15, -0.1) is 10.2 Å². The van der Waals surface area contributed by atoms with Crippen molar-refractivity contribution < 1.29 is 24.2 Å². The van der Waals surface area contributed by atoms with Crippen molar-refractivity contribution in [3.8, 4) is 11.5 Å². The van der Waals surface area contributed by atoms with Gasteiger partial charge in [-0.25, -0.2) is 4.98 Å². The zero-order valence-corrected chi connectivity index (χ0v) is 28.4. The molecule has 6 rings (SSSR count). The van der Waals surface area contributed by atoms with E-state index in [1.807, 2.05) is 30.3 Å². The van der Waals surface area contributed by atoms with E-state index in [4.69, 9.17) is 21.1 Å². The Labute approximate surface area is 285 Å². The van der Waals surface area contributed by atoms with E-state index in [1.54, 1.807) is 47.9 Å². The summed E-state index contributed by atoms with van der Waals surface area (Å²) >= 11 is 8.67. The lowest BCUT2D eigenvalue weighted by Gasteiger charge is -2.23. The van der Waals surface area contributed by atoms with Crippen molar-refractivity contribution in [3.05, 3.63) is 100.0 Å². The summed E-state index contributed by atoms with van der Waals surface area (Å²) in [6, 6.07) is 17.2. The largest absolute Gasteiger partial charge is 0.505 e. The molecule has 1 aliphatic heterocycles. The number of hydrogen-bond donors (Lipinski definition) is 1. The Kier molecular flexibility index (Phi) is 9.81. The van der Waals surface area contributed by atoms with Crippen molar-refractivity contribution in [2.45, 2.75) is 49.2 Å². The number of fused-ring (bicyclic) bond motifs is 1. The number of halogens is 1. The molecular weight excluding hydrogens is 658 g/mol. The van der Waals surface area contributed by atoms with E-state index in [9.17, 15) is 14.7 Å². The molecule has 5 aromatic rings. The van der Waals surface area contributed by atoms with E-state index in [1.165, 1.54) is 35.1 Å². The van der Waals surface area contributed by atoms with Crippen LogP contribution in [-0.4, -0.2) is 50.1 Å². The van der Waals surface area contributed by atoms with E-state index in [-0.39, 0.29) is 16.5 Å². The number of nitrogens with zero attached hydrogens (tertiary/aromatic N) is 5. The minimum absolute atomic E-state index is 0.0898. The first-order valence-corrected chi connectivity index (χ1v) is 17.2. The maximum Gasteiger partial charge on any atom is 0.301 e.